The number of piperidine rings is 1. The Bertz CT molecular complexity index is 538. The molecule has 0 saturated carbocycles. The van der Waals surface area contributed by atoms with E-state index in [4.69, 9.17) is 9.90 Å². The van der Waals surface area contributed by atoms with Crippen molar-refractivity contribution in [3.63, 3.8) is 0 Å². The summed E-state index contributed by atoms with van der Waals surface area (Å²) in [6.07, 6.45) is 2.60. The van der Waals surface area contributed by atoms with Crippen LogP contribution in [0.1, 0.15) is 58.6 Å². The number of rotatable bonds is 4. The third-order valence-electron chi connectivity index (χ3n) is 3.84. The standard InChI is InChI=1S/C15H27N5O.CH2O2/c1-10-17-12(19-18-10)9-16-13(21)6-11-7-14(2,3)20-15(4,5)8-11;2-1-3/h11,20H,6-9H2,1-5H3,(H,16,21)(H,17,18,19);1H,(H,2,3). The topological polar surface area (TPSA) is 120 Å². The van der Waals surface area contributed by atoms with Gasteiger partial charge in [-0.15, -0.1) is 0 Å². The summed E-state index contributed by atoms with van der Waals surface area (Å²) < 4.78 is 0. The molecular formula is C16H29N5O3. The minimum atomic E-state index is -0.250. The average molecular weight is 339 g/mol. The molecule has 8 heteroatoms. The van der Waals surface area contributed by atoms with Crippen LogP contribution in [0.2, 0.25) is 0 Å². The summed E-state index contributed by atoms with van der Waals surface area (Å²) in [6.45, 7) is 10.8. The van der Waals surface area contributed by atoms with Crippen molar-refractivity contribution in [1.29, 1.82) is 0 Å². The number of carbonyl (C=O) groups excluding carboxylic acids is 1. The van der Waals surface area contributed by atoms with E-state index in [-0.39, 0.29) is 23.5 Å². The van der Waals surface area contributed by atoms with E-state index >= 15 is 0 Å². The third kappa shape index (κ3) is 7.08. The maximum absolute atomic E-state index is 12.1. The second-order valence-corrected chi connectivity index (χ2v) is 7.59. The van der Waals surface area contributed by atoms with Crippen LogP contribution in [0.3, 0.4) is 0 Å². The molecule has 0 unspecified atom stereocenters. The minimum Gasteiger partial charge on any atom is -0.483 e. The first-order valence-electron chi connectivity index (χ1n) is 8.08. The van der Waals surface area contributed by atoms with Crippen molar-refractivity contribution < 1.29 is 14.7 Å². The molecular weight excluding hydrogens is 310 g/mol. The first-order valence-corrected chi connectivity index (χ1v) is 8.08. The number of carbonyl (C=O) groups is 2. The normalized spacial score (nSPS) is 19.0. The van der Waals surface area contributed by atoms with Gasteiger partial charge in [-0.25, -0.2) is 4.98 Å². The largest absolute Gasteiger partial charge is 0.483 e. The summed E-state index contributed by atoms with van der Waals surface area (Å²) in [7, 11) is 0. The van der Waals surface area contributed by atoms with Gasteiger partial charge in [0.25, 0.3) is 6.47 Å². The summed E-state index contributed by atoms with van der Waals surface area (Å²) in [5.41, 5.74) is 0.154. The maximum Gasteiger partial charge on any atom is 0.290 e. The molecule has 0 bridgehead atoms. The van der Waals surface area contributed by atoms with E-state index in [9.17, 15) is 4.79 Å². The zero-order valence-electron chi connectivity index (χ0n) is 15.1. The number of aromatic nitrogens is 3. The Balaban J connectivity index is 0.000000891. The molecule has 0 atom stereocenters. The van der Waals surface area contributed by atoms with Gasteiger partial charge in [0.1, 0.15) is 5.82 Å². The average Bonchev–Trinajstić information content (AvgIpc) is 2.79. The van der Waals surface area contributed by atoms with E-state index in [1.54, 1.807) is 0 Å². The predicted molar refractivity (Wildman–Crippen MR) is 90.3 cm³/mol. The zero-order chi connectivity index (χ0) is 18.4. The molecule has 1 aromatic rings. The molecule has 0 radical (unpaired) electrons. The number of hydrogen-bond acceptors (Lipinski definition) is 5. The molecule has 0 spiro atoms. The highest BCUT2D eigenvalue weighted by Gasteiger charge is 2.38. The third-order valence-corrected chi connectivity index (χ3v) is 3.84. The van der Waals surface area contributed by atoms with Gasteiger partial charge in [-0.1, -0.05) is 0 Å². The number of nitrogens with one attached hydrogen (secondary N) is 3. The molecule has 2 rings (SSSR count). The first kappa shape index (κ1) is 20.1. The molecule has 1 aliphatic rings. The second-order valence-electron chi connectivity index (χ2n) is 7.59. The summed E-state index contributed by atoms with van der Waals surface area (Å²) >= 11 is 0. The highest BCUT2D eigenvalue weighted by atomic mass is 16.3. The zero-order valence-corrected chi connectivity index (χ0v) is 15.1. The Kier molecular flexibility index (Phi) is 6.89. The van der Waals surface area contributed by atoms with Crippen molar-refractivity contribution in [2.24, 2.45) is 5.92 Å². The van der Waals surface area contributed by atoms with E-state index in [0.717, 1.165) is 18.7 Å². The Labute approximate surface area is 142 Å². The van der Waals surface area contributed by atoms with Gasteiger partial charge in [-0.05, 0) is 53.4 Å². The van der Waals surface area contributed by atoms with Gasteiger partial charge in [0, 0.05) is 17.5 Å². The Hall–Kier alpha value is -1.96. The van der Waals surface area contributed by atoms with Gasteiger partial charge in [0.05, 0.1) is 6.54 Å². The van der Waals surface area contributed by atoms with E-state index in [0.29, 0.717) is 24.7 Å². The van der Waals surface area contributed by atoms with Gasteiger partial charge < -0.3 is 15.7 Å². The number of carboxylic acid groups (broad SMARTS) is 1. The van der Waals surface area contributed by atoms with Crippen molar-refractivity contribution in [3.8, 4) is 0 Å². The number of hydrogen-bond donors (Lipinski definition) is 4. The van der Waals surface area contributed by atoms with Gasteiger partial charge in [-0.3, -0.25) is 14.7 Å². The van der Waals surface area contributed by atoms with Crippen molar-refractivity contribution in [2.75, 3.05) is 0 Å². The molecule has 1 fully saturated rings. The lowest BCUT2D eigenvalue weighted by molar-refractivity contribution is -0.123. The van der Waals surface area contributed by atoms with E-state index in [2.05, 4.69) is 53.5 Å². The van der Waals surface area contributed by atoms with E-state index in [1.165, 1.54) is 0 Å². The van der Waals surface area contributed by atoms with Crippen molar-refractivity contribution in [1.82, 2.24) is 25.8 Å². The quantitative estimate of drug-likeness (QED) is 0.615. The Morgan fingerprint density at radius 1 is 1.33 bits per heavy atom. The summed E-state index contributed by atoms with van der Waals surface area (Å²) in [5, 5.41) is 20.2. The fourth-order valence-electron chi connectivity index (χ4n) is 3.66. The predicted octanol–water partition coefficient (Wildman–Crippen LogP) is 1.38. The molecule has 24 heavy (non-hydrogen) atoms. The molecule has 1 saturated heterocycles. The fourth-order valence-corrected chi connectivity index (χ4v) is 3.66. The SMILES string of the molecule is Cc1nc(CNC(=O)CC2CC(C)(C)NC(C)(C)C2)n[nH]1.O=CO. The lowest BCUT2D eigenvalue weighted by atomic mass is 9.74. The minimum absolute atomic E-state index is 0.0769. The number of aromatic amines is 1. The van der Waals surface area contributed by atoms with Crippen LogP contribution in [0.15, 0.2) is 0 Å². The van der Waals surface area contributed by atoms with Crippen LogP contribution in [0.25, 0.3) is 0 Å². The Morgan fingerprint density at radius 3 is 2.33 bits per heavy atom. The van der Waals surface area contributed by atoms with Gasteiger partial charge in [-0.2, -0.15) is 5.10 Å². The Morgan fingerprint density at radius 2 is 1.88 bits per heavy atom. The lowest BCUT2D eigenvalue weighted by Crippen LogP contribution is -2.58. The van der Waals surface area contributed by atoms with Crippen molar-refractivity contribution in [3.05, 3.63) is 11.6 Å². The molecule has 8 nitrogen and oxygen atoms in total. The molecule has 1 aromatic heterocycles. The van der Waals surface area contributed by atoms with Crippen molar-refractivity contribution in [2.45, 2.75) is 71.5 Å². The number of aryl methyl sites for hydroxylation is 1. The number of amides is 1. The van der Waals surface area contributed by atoms with Crippen LogP contribution >= 0.6 is 0 Å². The van der Waals surface area contributed by atoms with Crippen LogP contribution in [0.5, 0.6) is 0 Å². The number of nitrogens with zero attached hydrogens (tertiary/aromatic N) is 2. The van der Waals surface area contributed by atoms with Gasteiger partial charge in [0.2, 0.25) is 5.91 Å². The van der Waals surface area contributed by atoms with Crippen molar-refractivity contribution >= 4 is 12.4 Å². The van der Waals surface area contributed by atoms with E-state index < -0.39 is 0 Å². The van der Waals surface area contributed by atoms with Gasteiger partial charge in [0.15, 0.2) is 5.82 Å². The van der Waals surface area contributed by atoms with Crippen LogP contribution in [0.4, 0.5) is 0 Å². The van der Waals surface area contributed by atoms with Crippen LogP contribution in [-0.4, -0.2) is 43.7 Å². The molecule has 1 amide bonds. The van der Waals surface area contributed by atoms with E-state index in [1.807, 2.05) is 6.92 Å². The second kappa shape index (κ2) is 8.23. The monoisotopic (exact) mass is 339 g/mol. The van der Waals surface area contributed by atoms with Crippen LogP contribution in [0, 0.1) is 12.8 Å². The summed E-state index contributed by atoms with van der Waals surface area (Å²) in [4.78, 5) is 24.7. The summed E-state index contributed by atoms with van der Waals surface area (Å²) in [5.74, 6) is 1.88. The summed E-state index contributed by atoms with van der Waals surface area (Å²) in [6, 6.07) is 0. The molecule has 0 aromatic carbocycles. The fraction of sp³-hybridized carbons (Fsp3) is 0.750. The molecule has 4 N–H and O–H groups in total. The molecule has 0 aliphatic carbocycles. The highest BCUT2D eigenvalue weighted by Crippen LogP contribution is 2.34. The highest BCUT2D eigenvalue weighted by molar-refractivity contribution is 5.76. The van der Waals surface area contributed by atoms with Gasteiger partial charge >= 0.3 is 0 Å². The van der Waals surface area contributed by atoms with Crippen LogP contribution in [-0.2, 0) is 16.1 Å². The molecule has 1 aliphatic heterocycles. The molecule has 136 valence electrons. The number of H-pyrrole nitrogens is 1. The van der Waals surface area contributed by atoms with Crippen LogP contribution < -0.4 is 10.6 Å². The smallest absolute Gasteiger partial charge is 0.290 e. The molecule has 2 heterocycles. The lowest BCUT2D eigenvalue weighted by Gasteiger charge is -2.46. The first-order chi connectivity index (χ1) is 11.1. The maximum atomic E-state index is 12.1.